The summed E-state index contributed by atoms with van der Waals surface area (Å²) in [7, 11) is 2.54. The minimum atomic E-state index is -0.733. The number of hydrogen-bond acceptors (Lipinski definition) is 10. The van der Waals surface area contributed by atoms with Crippen LogP contribution in [-0.4, -0.2) is 93.1 Å². The summed E-state index contributed by atoms with van der Waals surface area (Å²) in [6.07, 6.45) is 5.22. The number of aromatic nitrogens is 4. The Hall–Kier alpha value is -6.45. The first-order valence-electron chi connectivity index (χ1n) is 20.4. The van der Waals surface area contributed by atoms with Crippen LogP contribution in [0.4, 0.5) is 9.59 Å². The van der Waals surface area contributed by atoms with Crippen molar-refractivity contribution in [3.8, 4) is 33.6 Å². The third-order valence-corrected chi connectivity index (χ3v) is 11.5. The van der Waals surface area contributed by atoms with E-state index in [0.29, 0.717) is 58.3 Å². The van der Waals surface area contributed by atoms with Gasteiger partial charge in [-0.15, -0.1) is 0 Å². The van der Waals surface area contributed by atoms with E-state index in [-0.39, 0.29) is 41.2 Å². The van der Waals surface area contributed by atoms with Crippen molar-refractivity contribution in [1.82, 2.24) is 40.4 Å². The molecule has 2 fully saturated rings. The van der Waals surface area contributed by atoms with Crippen LogP contribution < -0.4 is 16.1 Å². The van der Waals surface area contributed by atoms with Gasteiger partial charge in [-0.2, -0.15) is 0 Å². The summed E-state index contributed by atoms with van der Waals surface area (Å²) in [5.74, 6) is 1.13. The highest BCUT2D eigenvalue weighted by molar-refractivity contribution is 5.88. The number of benzene rings is 2. The molecule has 16 nitrogen and oxygen atoms in total. The molecular formula is C44H52N8O8. The van der Waals surface area contributed by atoms with E-state index in [1.54, 1.807) is 35.2 Å². The summed E-state index contributed by atoms with van der Waals surface area (Å²) in [6.45, 7) is 10.4. The molecule has 4 atom stereocenters. The number of imidazole rings is 2. The predicted octanol–water partition coefficient (Wildman–Crippen LogP) is 6.64. The average molecular weight is 821 g/mol. The molecule has 3 aromatic heterocycles. The SMILES string of the molecule is COC(=O)N[C@H](C(=O)N1CCC[C@H]1c1ncc(-c2ccc(-c3c(C)oc4cc(-c5cnc([C@@H]6CCCN6C(=O)[C@@H](NC(=O)OC)C(C)C)[nH]5)ccc4c3=O)cc2)[nH]1)C(C)C. The Morgan fingerprint density at radius 1 is 0.733 bits per heavy atom. The average Bonchev–Trinajstić information content (AvgIpc) is 4.08. The first-order chi connectivity index (χ1) is 28.8. The number of methoxy groups -OCH3 is 2. The Bertz CT molecular complexity index is 2450. The fourth-order valence-corrected chi connectivity index (χ4v) is 8.31. The number of ether oxygens (including phenoxy) is 2. The van der Waals surface area contributed by atoms with E-state index in [1.807, 2.05) is 64.1 Å². The smallest absolute Gasteiger partial charge is 0.407 e. The lowest BCUT2D eigenvalue weighted by atomic mass is 10.00. The van der Waals surface area contributed by atoms with Crippen molar-refractivity contribution >= 4 is 35.0 Å². The van der Waals surface area contributed by atoms with Crippen LogP contribution >= 0.6 is 0 Å². The highest BCUT2D eigenvalue weighted by Gasteiger charge is 2.39. The van der Waals surface area contributed by atoms with Crippen molar-refractivity contribution in [3.63, 3.8) is 0 Å². The van der Waals surface area contributed by atoms with Crippen molar-refractivity contribution in [1.29, 1.82) is 0 Å². The molecule has 2 aliphatic rings. The van der Waals surface area contributed by atoms with Crippen molar-refractivity contribution in [2.24, 2.45) is 11.8 Å². The number of likely N-dealkylation sites (tertiary alicyclic amines) is 2. The van der Waals surface area contributed by atoms with E-state index < -0.39 is 24.3 Å². The van der Waals surface area contributed by atoms with Gasteiger partial charge in [0.05, 0.1) is 61.0 Å². The topological polar surface area (TPSA) is 205 Å². The zero-order valence-electron chi connectivity index (χ0n) is 35.0. The predicted molar refractivity (Wildman–Crippen MR) is 224 cm³/mol. The minimum Gasteiger partial charge on any atom is -0.460 e. The molecule has 0 saturated carbocycles. The molecule has 0 unspecified atom stereocenters. The molecule has 316 valence electrons. The number of fused-ring (bicyclic) bond motifs is 1. The largest absolute Gasteiger partial charge is 0.460 e. The highest BCUT2D eigenvalue weighted by Crippen LogP contribution is 2.35. The number of aryl methyl sites for hydroxylation is 1. The molecule has 5 heterocycles. The van der Waals surface area contributed by atoms with Gasteiger partial charge in [-0.1, -0.05) is 58.0 Å². The number of nitrogens with one attached hydrogen (secondary N) is 4. The fraction of sp³-hybridized carbons (Fsp3) is 0.432. The second-order valence-corrected chi connectivity index (χ2v) is 16.1. The van der Waals surface area contributed by atoms with Crippen LogP contribution in [-0.2, 0) is 19.1 Å². The maximum Gasteiger partial charge on any atom is 0.407 e. The molecule has 0 aliphatic carbocycles. The van der Waals surface area contributed by atoms with Crippen molar-refractivity contribution in [2.75, 3.05) is 27.3 Å². The van der Waals surface area contributed by atoms with Gasteiger partial charge in [0, 0.05) is 18.7 Å². The zero-order chi connectivity index (χ0) is 42.8. The third-order valence-electron chi connectivity index (χ3n) is 11.5. The number of alkyl carbamates (subject to hydrolysis) is 2. The van der Waals surface area contributed by atoms with Gasteiger partial charge in [-0.05, 0) is 67.7 Å². The second-order valence-electron chi connectivity index (χ2n) is 16.1. The van der Waals surface area contributed by atoms with E-state index in [0.717, 1.165) is 42.5 Å². The van der Waals surface area contributed by atoms with E-state index in [2.05, 4.69) is 30.6 Å². The Morgan fingerprint density at radius 2 is 1.20 bits per heavy atom. The molecule has 0 spiro atoms. The first-order valence-corrected chi connectivity index (χ1v) is 20.4. The van der Waals surface area contributed by atoms with Gasteiger partial charge >= 0.3 is 12.2 Å². The lowest BCUT2D eigenvalue weighted by Crippen LogP contribution is -2.51. The Kier molecular flexibility index (Phi) is 12.1. The van der Waals surface area contributed by atoms with Crippen LogP contribution in [0.5, 0.6) is 0 Å². The van der Waals surface area contributed by atoms with Gasteiger partial charge in [0.2, 0.25) is 17.2 Å². The molecule has 2 saturated heterocycles. The summed E-state index contributed by atoms with van der Waals surface area (Å²) in [5, 5.41) is 5.79. The lowest BCUT2D eigenvalue weighted by molar-refractivity contribution is -0.136. The van der Waals surface area contributed by atoms with Crippen molar-refractivity contribution in [2.45, 2.75) is 84.5 Å². The Balaban J connectivity index is 1.07. The zero-order valence-corrected chi connectivity index (χ0v) is 35.0. The van der Waals surface area contributed by atoms with Gasteiger partial charge < -0.3 is 44.3 Å². The summed E-state index contributed by atoms with van der Waals surface area (Å²) >= 11 is 0. The standard InChI is InChI=1S/C44H52N8O8/c1-23(2)36(49-43(56)58-6)41(54)51-18-8-10-32(51)39-45-21-30(47-39)26-12-14-27(15-13-26)35-25(5)60-34-20-28(16-17-29(34)38(35)53)31-22-46-40(48-31)33-11-9-19-52(33)42(55)37(24(3)4)50-44(57)59-7/h12-17,20-24,32-33,36-37H,8-11,18-19H2,1-7H3,(H,45,47)(H,46,48)(H,49,56)(H,50,57)/t32-,33-,36-,37-/m0/s1. The fourth-order valence-electron chi connectivity index (χ4n) is 8.31. The minimum absolute atomic E-state index is 0.135. The molecule has 0 bridgehead atoms. The number of amides is 4. The van der Waals surface area contributed by atoms with E-state index in [1.165, 1.54) is 14.2 Å². The first kappa shape index (κ1) is 41.7. The number of nitrogens with zero attached hydrogens (tertiary/aromatic N) is 4. The lowest BCUT2D eigenvalue weighted by Gasteiger charge is -2.30. The van der Waals surface area contributed by atoms with Crippen LogP contribution in [0, 0.1) is 18.8 Å². The number of carbonyl (C=O) groups is 4. The van der Waals surface area contributed by atoms with Crippen LogP contribution in [0.15, 0.2) is 64.1 Å². The quantitative estimate of drug-likeness (QED) is 0.112. The molecule has 5 aromatic rings. The van der Waals surface area contributed by atoms with Crippen LogP contribution in [0.3, 0.4) is 0 Å². The van der Waals surface area contributed by atoms with Gasteiger partial charge in [0.25, 0.3) is 0 Å². The maximum absolute atomic E-state index is 14.0. The molecule has 2 aliphatic heterocycles. The van der Waals surface area contributed by atoms with Crippen molar-refractivity contribution in [3.05, 3.63) is 82.5 Å². The molecule has 60 heavy (non-hydrogen) atoms. The summed E-state index contributed by atoms with van der Waals surface area (Å²) in [6, 6.07) is 11.0. The van der Waals surface area contributed by atoms with E-state index in [9.17, 15) is 24.0 Å². The van der Waals surface area contributed by atoms with Crippen LogP contribution in [0.25, 0.3) is 44.6 Å². The normalized spacial score (nSPS) is 17.6. The Morgan fingerprint density at radius 3 is 1.68 bits per heavy atom. The van der Waals surface area contributed by atoms with Gasteiger partial charge in [0.1, 0.15) is 35.1 Å². The van der Waals surface area contributed by atoms with E-state index >= 15 is 0 Å². The summed E-state index contributed by atoms with van der Waals surface area (Å²) in [5.41, 5.74) is 4.55. The molecule has 7 rings (SSSR count). The molecular weight excluding hydrogens is 769 g/mol. The van der Waals surface area contributed by atoms with Crippen LogP contribution in [0.1, 0.15) is 82.9 Å². The summed E-state index contributed by atoms with van der Waals surface area (Å²) < 4.78 is 15.8. The second kappa shape index (κ2) is 17.4. The summed E-state index contributed by atoms with van der Waals surface area (Å²) in [4.78, 5) is 84.8. The molecule has 4 amide bonds. The molecule has 2 aromatic carbocycles. The van der Waals surface area contributed by atoms with Gasteiger partial charge in [0.15, 0.2) is 0 Å². The maximum atomic E-state index is 14.0. The van der Waals surface area contributed by atoms with Crippen LogP contribution in [0.2, 0.25) is 0 Å². The highest BCUT2D eigenvalue weighted by atomic mass is 16.5. The molecule has 4 N–H and O–H groups in total. The number of rotatable bonds is 11. The van der Waals surface area contributed by atoms with E-state index in [4.69, 9.17) is 13.9 Å². The molecule has 16 heteroatoms. The number of aromatic amines is 2. The third kappa shape index (κ3) is 8.23. The van der Waals surface area contributed by atoms with Gasteiger partial charge in [-0.25, -0.2) is 19.6 Å². The van der Waals surface area contributed by atoms with Crippen molar-refractivity contribution < 1.29 is 33.1 Å². The Labute approximate surface area is 347 Å². The molecule has 0 radical (unpaired) electrons. The number of hydrogen-bond donors (Lipinski definition) is 4. The number of H-pyrrole nitrogens is 2. The van der Waals surface area contributed by atoms with Gasteiger partial charge in [-0.3, -0.25) is 14.4 Å². The number of carbonyl (C=O) groups excluding carboxylic acids is 4. The monoisotopic (exact) mass is 820 g/mol.